The Bertz CT molecular complexity index is 3540. The SMILES string of the molecule is Cc1cc2c(cc1N1c3cc4oc5ccccc5c4c(-c4cccc5c4Nc4ccccc4C5(c4ccccc4)c4ccccc4)c3Bc3c1oc1ccccc31)C(C)(C)CCC2(C)C. The predicted molar refractivity (Wildman–Crippen MR) is 272 cm³/mol. The molecule has 4 nitrogen and oxygen atoms in total. The number of nitrogens with one attached hydrogen (secondary N) is 1. The zero-order valence-electron chi connectivity index (χ0n) is 37.6. The second kappa shape index (κ2) is 13.6. The van der Waals surface area contributed by atoms with Gasteiger partial charge in [-0.05, 0) is 110 Å². The Morgan fingerprint density at radius 3 is 1.85 bits per heavy atom. The second-order valence-electron chi connectivity index (χ2n) is 19.9. The van der Waals surface area contributed by atoms with Crippen LogP contribution >= 0.6 is 0 Å². The Kier molecular flexibility index (Phi) is 8.02. The van der Waals surface area contributed by atoms with Crippen molar-refractivity contribution in [1.29, 1.82) is 0 Å². The average Bonchev–Trinajstić information content (AvgIpc) is 3.89. The molecule has 0 radical (unpaired) electrons. The maximum Gasteiger partial charge on any atom is 0.203 e. The molecular formula is C60H49BN2O2. The first-order chi connectivity index (χ1) is 31.6. The van der Waals surface area contributed by atoms with E-state index in [9.17, 15) is 0 Å². The molecule has 1 N–H and O–H groups in total. The minimum atomic E-state index is -0.608. The summed E-state index contributed by atoms with van der Waals surface area (Å²) in [5.74, 6) is 0.880. The maximum absolute atomic E-state index is 7.06. The summed E-state index contributed by atoms with van der Waals surface area (Å²) >= 11 is 0. The largest absolute Gasteiger partial charge is 0.456 e. The molecule has 13 rings (SSSR count). The first-order valence-electron chi connectivity index (χ1n) is 23.2. The summed E-state index contributed by atoms with van der Waals surface area (Å²) in [6.45, 7) is 11.9. The van der Waals surface area contributed by atoms with Crippen LogP contribution in [0, 0.1) is 6.92 Å². The van der Waals surface area contributed by atoms with Crippen LogP contribution in [0.4, 0.5) is 28.6 Å². The van der Waals surface area contributed by atoms with Gasteiger partial charge in [0.25, 0.3) is 0 Å². The summed E-state index contributed by atoms with van der Waals surface area (Å²) in [4.78, 5) is 2.44. The highest BCUT2D eigenvalue weighted by Gasteiger charge is 2.46. The van der Waals surface area contributed by atoms with Crippen LogP contribution in [0.5, 0.6) is 0 Å². The van der Waals surface area contributed by atoms with Crippen molar-refractivity contribution in [2.24, 2.45) is 0 Å². The minimum absolute atomic E-state index is 0.0194. The van der Waals surface area contributed by atoms with Gasteiger partial charge in [0.05, 0.1) is 16.8 Å². The van der Waals surface area contributed by atoms with Crippen LogP contribution in [-0.2, 0) is 16.2 Å². The number of furan rings is 2. The van der Waals surface area contributed by atoms with Gasteiger partial charge in [-0.2, -0.15) is 0 Å². The van der Waals surface area contributed by atoms with E-state index in [1.165, 1.54) is 55.4 Å². The summed E-state index contributed by atoms with van der Waals surface area (Å²) < 4.78 is 14.1. The molecule has 3 aliphatic rings. The van der Waals surface area contributed by atoms with Crippen molar-refractivity contribution in [1.82, 2.24) is 0 Å². The molecule has 314 valence electrons. The van der Waals surface area contributed by atoms with Gasteiger partial charge in [0.15, 0.2) is 5.88 Å². The molecule has 0 unspecified atom stereocenters. The summed E-state index contributed by atoms with van der Waals surface area (Å²) in [7, 11) is 0.689. The van der Waals surface area contributed by atoms with Crippen LogP contribution in [0.3, 0.4) is 0 Å². The number of hydrogen-bond donors (Lipinski definition) is 1. The number of rotatable bonds is 4. The van der Waals surface area contributed by atoms with E-state index in [0.29, 0.717) is 7.28 Å². The van der Waals surface area contributed by atoms with Gasteiger partial charge in [-0.15, -0.1) is 0 Å². The van der Waals surface area contributed by atoms with Gasteiger partial charge in [0, 0.05) is 39.2 Å². The Morgan fingerprint density at radius 2 is 1.12 bits per heavy atom. The lowest BCUT2D eigenvalue weighted by Crippen LogP contribution is -2.41. The lowest BCUT2D eigenvalue weighted by molar-refractivity contribution is 0.332. The normalized spacial score (nSPS) is 16.2. The quantitative estimate of drug-likeness (QED) is 0.179. The topological polar surface area (TPSA) is 41.6 Å². The molecule has 0 bridgehead atoms. The number of hydrogen-bond acceptors (Lipinski definition) is 4. The zero-order valence-corrected chi connectivity index (χ0v) is 37.6. The smallest absolute Gasteiger partial charge is 0.203 e. The van der Waals surface area contributed by atoms with Crippen molar-refractivity contribution < 1.29 is 8.83 Å². The average molecular weight is 841 g/mol. The van der Waals surface area contributed by atoms with E-state index >= 15 is 0 Å². The van der Waals surface area contributed by atoms with E-state index < -0.39 is 5.41 Å². The molecule has 65 heavy (non-hydrogen) atoms. The lowest BCUT2D eigenvalue weighted by Gasteiger charge is -2.43. The lowest BCUT2D eigenvalue weighted by atomic mass is 9.57. The Balaban J connectivity index is 1.17. The van der Waals surface area contributed by atoms with Gasteiger partial charge >= 0.3 is 0 Å². The molecule has 0 spiro atoms. The number of aryl methyl sites for hydroxylation is 1. The van der Waals surface area contributed by atoms with Crippen LogP contribution in [0.25, 0.3) is 44.0 Å². The minimum Gasteiger partial charge on any atom is -0.456 e. The van der Waals surface area contributed by atoms with Crippen molar-refractivity contribution >= 4 is 79.7 Å². The molecule has 1 aliphatic carbocycles. The van der Waals surface area contributed by atoms with Crippen LogP contribution < -0.4 is 21.1 Å². The molecule has 2 aromatic heterocycles. The third-order valence-electron chi connectivity index (χ3n) is 15.4. The van der Waals surface area contributed by atoms with Gasteiger partial charge in [0.1, 0.15) is 16.7 Å². The van der Waals surface area contributed by atoms with Crippen molar-refractivity contribution in [3.63, 3.8) is 0 Å². The van der Waals surface area contributed by atoms with Gasteiger partial charge < -0.3 is 14.2 Å². The van der Waals surface area contributed by atoms with Crippen molar-refractivity contribution in [2.45, 2.75) is 63.7 Å². The van der Waals surface area contributed by atoms with E-state index in [1.54, 1.807) is 0 Å². The highest BCUT2D eigenvalue weighted by Crippen LogP contribution is 2.57. The van der Waals surface area contributed by atoms with Crippen LogP contribution in [-0.4, -0.2) is 7.28 Å². The molecule has 8 aromatic carbocycles. The molecular weight excluding hydrogens is 791 g/mol. The number of para-hydroxylation sites is 4. The number of anilines is 5. The molecule has 0 atom stereocenters. The van der Waals surface area contributed by atoms with Crippen molar-refractivity contribution in [3.8, 4) is 11.1 Å². The summed E-state index contributed by atoms with van der Waals surface area (Å²) in [5, 5.41) is 7.47. The Morgan fingerprint density at radius 1 is 0.523 bits per heavy atom. The zero-order chi connectivity index (χ0) is 43.8. The Labute approximate surface area is 380 Å². The highest BCUT2D eigenvalue weighted by atomic mass is 16.4. The van der Waals surface area contributed by atoms with E-state index in [-0.39, 0.29) is 10.8 Å². The van der Waals surface area contributed by atoms with Crippen molar-refractivity contribution in [2.75, 3.05) is 10.2 Å². The molecule has 2 aliphatic heterocycles. The predicted octanol–water partition coefficient (Wildman–Crippen LogP) is 14.3. The van der Waals surface area contributed by atoms with E-state index in [0.717, 1.165) is 79.9 Å². The number of benzene rings is 8. The maximum atomic E-state index is 7.06. The van der Waals surface area contributed by atoms with Gasteiger partial charge in [-0.25, -0.2) is 0 Å². The molecule has 5 heteroatoms. The van der Waals surface area contributed by atoms with Crippen molar-refractivity contribution in [3.05, 3.63) is 209 Å². The monoisotopic (exact) mass is 840 g/mol. The third kappa shape index (κ3) is 5.33. The number of fused-ring (bicyclic) bond motifs is 10. The van der Waals surface area contributed by atoms with Crippen LogP contribution in [0.2, 0.25) is 0 Å². The van der Waals surface area contributed by atoms with E-state index in [2.05, 4.69) is 215 Å². The van der Waals surface area contributed by atoms with Gasteiger partial charge in [0.2, 0.25) is 7.28 Å². The first kappa shape index (κ1) is 38.2. The van der Waals surface area contributed by atoms with Gasteiger partial charge in [-0.1, -0.05) is 167 Å². The second-order valence-corrected chi connectivity index (χ2v) is 19.9. The van der Waals surface area contributed by atoms with Crippen LogP contribution in [0.15, 0.2) is 179 Å². The standard InChI is InChI=1S/C60H49BN2O2/c1-36-33-44-45(59(4,5)32-31-58(44,2)3)34-47(36)63-48-35-51-52(39-23-12-16-29-49(39)64-51)53(55(48)61-54-40-24-13-17-30-50(40)65-57(54)63)41-25-18-27-43-56(41)62-46-28-15-14-26-42(46)60(43,37-19-8-6-9-20-37)38-21-10-7-11-22-38/h6-30,33-35,61-62H,31-32H2,1-5H3. The highest BCUT2D eigenvalue weighted by molar-refractivity contribution is 6.76. The van der Waals surface area contributed by atoms with E-state index in [4.69, 9.17) is 8.83 Å². The Hall–Kier alpha value is -7.24. The third-order valence-corrected chi connectivity index (χ3v) is 15.4. The molecule has 10 aromatic rings. The fourth-order valence-electron chi connectivity index (χ4n) is 12.1. The summed E-state index contributed by atoms with van der Waals surface area (Å²) in [6.07, 6.45) is 2.30. The van der Waals surface area contributed by atoms with E-state index in [1.807, 2.05) is 0 Å². The fraction of sp³-hybridized carbons (Fsp3) is 0.167. The van der Waals surface area contributed by atoms with Gasteiger partial charge in [-0.3, -0.25) is 4.90 Å². The first-order valence-corrected chi connectivity index (χ1v) is 23.2. The molecule has 4 heterocycles. The molecule has 0 amide bonds. The fourth-order valence-corrected chi connectivity index (χ4v) is 12.1. The number of nitrogens with zero attached hydrogens (tertiary/aromatic N) is 1. The van der Waals surface area contributed by atoms with Crippen LogP contribution in [0.1, 0.15) is 79.5 Å². The molecule has 0 fully saturated rings. The molecule has 0 saturated carbocycles. The summed E-state index contributed by atoms with van der Waals surface area (Å²) in [6, 6.07) is 62.3. The molecule has 0 saturated heterocycles. The summed E-state index contributed by atoms with van der Waals surface area (Å²) in [5.41, 5.74) is 20.3.